The lowest BCUT2D eigenvalue weighted by atomic mass is 10.0. The number of hydrazine groups is 1. The Hall–Kier alpha value is -1.18. The second kappa shape index (κ2) is 6.12. The number of nitrogens with two attached hydrogens (primary N) is 1. The molecule has 0 saturated carbocycles. The monoisotopic (exact) mass is 276 g/mol. The van der Waals surface area contributed by atoms with Crippen molar-refractivity contribution < 1.29 is 17.5 Å². The fourth-order valence-electron chi connectivity index (χ4n) is 1.57. The van der Waals surface area contributed by atoms with Crippen molar-refractivity contribution in [2.75, 3.05) is 19.1 Å². The van der Waals surface area contributed by atoms with E-state index >= 15 is 0 Å². The SMILES string of the molecule is COc1cc(C(CCS(C)(=O)=O)NN)ccc1F. The number of nitrogens with one attached hydrogen (secondary N) is 1. The molecule has 0 heterocycles. The first-order valence-electron chi connectivity index (χ1n) is 5.34. The lowest BCUT2D eigenvalue weighted by Crippen LogP contribution is -2.29. The summed E-state index contributed by atoms with van der Waals surface area (Å²) in [5.74, 6) is 5.02. The summed E-state index contributed by atoms with van der Waals surface area (Å²) in [5.41, 5.74) is 3.20. The normalized spacial score (nSPS) is 13.3. The summed E-state index contributed by atoms with van der Waals surface area (Å²) in [6.45, 7) is 0. The molecule has 0 bridgehead atoms. The Bertz CT molecular complexity index is 505. The predicted molar refractivity (Wildman–Crippen MR) is 67.3 cm³/mol. The van der Waals surface area contributed by atoms with Gasteiger partial charge in [0.2, 0.25) is 0 Å². The molecule has 0 fully saturated rings. The summed E-state index contributed by atoms with van der Waals surface area (Å²) in [7, 11) is -1.70. The lowest BCUT2D eigenvalue weighted by Gasteiger charge is -2.16. The van der Waals surface area contributed by atoms with Crippen molar-refractivity contribution in [2.45, 2.75) is 12.5 Å². The van der Waals surface area contributed by atoms with E-state index in [9.17, 15) is 12.8 Å². The lowest BCUT2D eigenvalue weighted by molar-refractivity contribution is 0.384. The van der Waals surface area contributed by atoms with Crippen LogP contribution in [0.15, 0.2) is 18.2 Å². The van der Waals surface area contributed by atoms with Crippen molar-refractivity contribution in [3.63, 3.8) is 0 Å². The average Bonchev–Trinajstić information content (AvgIpc) is 2.30. The second-order valence-corrected chi connectivity index (χ2v) is 6.29. The molecule has 1 aromatic carbocycles. The smallest absolute Gasteiger partial charge is 0.165 e. The summed E-state index contributed by atoms with van der Waals surface area (Å²) in [6, 6.07) is 3.94. The summed E-state index contributed by atoms with van der Waals surface area (Å²) in [6.07, 6.45) is 1.47. The van der Waals surface area contributed by atoms with Gasteiger partial charge in [0.25, 0.3) is 0 Å². The van der Waals surface area contributed by atoms with Crippen molar-refractivity contribution in [2.24, 2.45) is 5.84 Å². The van der Waals surface area contributed by atoms with E-state index in [-0.39, 0.29) is 17.5 Å². The zero-order valence-corrected chi connectivity index (χ0v) is 11.1. The van der Waals surface area contributed by atoms with Gasteiger partial charge in [-0.3, -0.25) is 11.3 Å². The zero-order chi connectivity index (χ0) is 13.8. The Balaban J connectivity index is 2.88. The van der Waals surface area contributed by atoms with E-state index in [1.807, 2.05) is 0 Å². The molecule has 0 amide bonds. The highest BCUT2D eigenvalue weighted by atomic mass is 32.2. The third-order valence-electron chi connectivity index (χ3n) is 2.56. The maximum absolute atomic E-state index is 13.2. The van der Waals surface area contributed by atoms with Gasteiger partial charge in [-0.15, -0.1) is 0 Å². The highest BCUT2D eigenvalue weighted by Gasteiger charge is 2.15. The van der Waals surface area contributed by atoms with E-state index in [0.29, 0.717) is 12.0 Å². The van der Waals surface area contributed by atoms with Crippen molar-refractivity contribution in [1.29, 1.82) is 0 Å². The molecule has 1 aromatic rings. The second-order valence-electron chi connectivity index (χ2n) is 4.03. The Morgan fingerprint density at radius 1 is 1.50 bits per heavy atom. The Morgan fingerprint density at radius 3 is 2.67 bits per heavy atom. The van der Waals surface area contributed by atoms with Gasteiger partial charge in [-0.25, -0.2) is 12.8 Å². The number of rotatable bonds is 6. The maximum atomic E-state index is 13.2. The van der Waals surface area contributed by atoms with E-state index < -0.39 is 15.7 Å². The van der Waals surface area contributed by atoms with Crippen LogP contribution in [0.5, 0.6) is 5.75 Å². The fourth-order valence-corrected chi connectivity index (χ4v) is 2.24. The number of methoxy groups -OCH3 is 1. The number of halogens is 1. The van der Waals surface area contributed by atoms with Crippen molar-refractivity contribution in [1.82, 2.24) is 5.43 Å². The van der Waals surface area contributed by atoms with E-state index in [1.54, 1.807) is 6.07 Å². The van der Waals surface area contributed by atoms with Gasteiger partial charge in [0.05, 0.1) is 12.9 Å². The van der Waals surface area contributed by atoms with Gasteiger partial charge in [0.15, 0.2) is 11.6 Å². The van der Waals surface area contributed by atoms with E-state index in [0.717, 1.165) is 6.26 Å². The quantitative estimate of drug-likeness (QED) is 0.592. The number of benzene rings is 1. The summed E-state index contributed by atoms with van der Waals surface area (Å²) >= 11 is 0. The maximum Gasteiger partial charge on any atom is 0.165 e. The molecule has 0 saturated heterocycles. The molecular formula is C11H17FN2O3S. The highest BCUT2D eigenvalue weighted by molar-refractivity contribution is 7.90. The largest absolute Gasteiger partial charge is 0.494 e. The molecule has 102 valence electrons. The van der Waals surface area contributed by atoms with Crippen LogP contribution >= 0.6 is 0 Å². The summed E-state index contributed by atoms with van der Waals surface area (Å²) in [5, 5.41) is 0. The zero-order valence-electron chi connectivity index (χ0n) is 10.3. The van der Waals surface area contributed by atoms with Crippen LogP contribution in [0.3, 0.4) is 0 Å². The topological polar surface area (TPSA) is 81.4 Å². The highest BCUT2D eigenvalue weighted by Crippen LogP contribution is 2.24. The van der Waals surface area contributed by atoms with Crippen molar-refractivity contribution >= 4 is 9.84 Å². The number of hydrogen-bond donors (Lipinski definition) is 2. The standard InChI is InChI=1S/C11H17FN2O3S/c1-17-11-7-8(3-4-9(11)12)10(14-13)5-6-18(2,15)16/h3-4,7,10,14H,5-6,13H2,1-2H3. The first-order valence-corrected chi connectivity index (χ1v) is 7.40. The van der Waals surface area contributed by atoms with Crippen LogP contribution in [0.4, 0.5) is 4.39 Å². The number of hydrogen-bond acceptors (Lipinski definition) is 5. The Kier molecular flexibility index (Phi) is 5.06. The van der Waals surface area contributed by atoms with Crippen molar-refractivity contribution in [3.8, 4) is 5.75 Å². The molecule has 1 atom stereocenters. The summed E-state index contributed by atoms with van der Waals surface area (Å²) < 4.78 is 40.3. The van der Waals surface area contributed by atoms with Gasteiger partial charge in [-0.05, 0) is 24.1 Å². The van der Waals surface area contributed by atoms with Gasteiger partial charge >= 0.3 is 0 Å². The number of sulfone groups is 1. The van der Waals surface area contributed by atoms with Gasteiger partial charge in [0, 0.05) is 12.3 Å². The van der Waals surface area contributed by atoms with E-state index in [4.69, 9.17) is 10.6 Å². The van der Waals surface area contributed by atoms with Crippen LogP contribution in [0.2, 0.25) is 0 Å². The minimum Gasteiger partial charge on any atom is -0.494 e. The minimum atomic E-state index is -3.06. The van der Waals surface area contributed by atoms with Gasteiger partial charge in [0.1, 0.15) is 9.84 Å². The minimum absolute atomic E-state index is 0.00155. The third kappa shape index (κ3) is 4.25. The van der Waals surface area contributed by atoms with Crippen LogP contribution in [0, 0.1) is 5.82 Å². The molecule has 5 nitrogen and oxygen atoms in total. The van der Waals surface area contributed by atoms with E-state index in [2.05, 4.69) is 5.43 Å². The Labute approximate surface area is 106 Å². The third-order valence-corrected chi connectivity index (χ3v) is 3.53. The molecule has 0 aliphatic heterocycles. The first kappa shape index (κ1) is 14.9. The van der Waals surface area contributed by atoms with Crippen LogP contribution in [-0.4, -0.2) is 27.5 Å². The fraction of sp³-hybridized carbons (Fsp3) is 0.455. The molecule has 1 unspecified atom stereocenters. The number of ether oxygens (including phenoxy) is 1. The molecule has 18 heavy (non-hydrogen) atoms. The molecule has 3 N–H and O–H groups in total. The molecule has 1 rings (SSSR count). The molecule has 0 radical (unpaired) electrons. The Morgan fingerprint density at radius 2 is 2.17 bits per heavy atom. The molecule has 0 aromatic heterocycles. The summed E-state index contributed by atoms with van der Waals surface area (Å²) in [4.78, 5) is 0. The molecule has 0 aliphatic rings. The average molecular weight is 276 g/mol. The van der Waals surface area contributed by atoms with Crippen LogP contribution in [0.1, 0.15) is 18.0 Å². The van der Waals surface area contributed by atoms with Crippen molar-refractivity contribution in [3.05, 3.63) is 29.6 Å². The molecule has 0 spiro atoms. The van der Waals surface area contributed by atoms with Gasteiger partial charge in [-0.2, -0.15) is 0 Å². The van der Waals surface area contributed by atoms with Crippen LogP contribution in [0.25, 0.3) is 0 Å². The van der Waals surface area contributed by atoms with Crippen LogP contribution in [-0.2, 0) is 9.84 Å². The molecule has 0 aliphatic carbocycles. The molecular weight excluding hydrogens is 259 g/mol. The van der Waals surface area contributed by atoms with Gasteiger partial charge in [-0.1, -0.05) is 6.07 Å². The van der Waals surface area contributed by atoms with Crippen LogP contribution < -0.4 is 16.0 Å². The van der Waals surface area contributed by atoms with E-state index in [1.165, 1.54) is 19.2 Å². The first-order chi connectivity index (χ1) is 8.37. The predicted octanol–water partition coefficient (Wildman–Crippen LogP) is 0.773. The molecule has 7 heteroatoms. The van der Waals surface area contributed by atoms with Gasteiger partial charge < -0.3 is 4.74 Å².